The van der Waals surface area contributed by atoms with Gasteiger partial charge in [-0.2, -0.15) is 5.10 Å². The van der Waals surface area contributed by atoms with Crippen LogP contribution in [-0.4, -0.2) is 33.7 Å². The van der Waals surface area contributed by atoms with Gasteiger partial charge in [0, 0.05) is 26.3 Å². The fraction of sp³-hybridized carbons (Fsp3) is 0.375. The highest BCUT2D eigenvalue weighted by Gasteiger charge is 2.14. The quantitative estimate of drug-likeness (QED) is 0.835. The van der Waals surface area contributed by atoms with E-state index in [1.807, 2.05) is 48.5 Å². The van der Waals surface area contributed by atoms with Crippen LogP contribution in [0.3, 0.4) is 0 Å². The smallest absolute Gasteiger partial charge is 0.227 e. The lowest BCUT2D eigenvalue weighted by Crippen LogP contribution is -2.33. The van der Waals surface area contributed by atoms with Gasteiger partial charge >= 0.3 is 0 Å². The molecule has 0 aliphatic heterocycles. The number of aryl methyl sites for hydroxylation is 1. The van der Waals surface area contributed by atoms with Crippen molar-refractivity contribution in [3.8, 4) is 0 Å². The van der Waals surface area contributed by atoms with Crippen molar-refractivity contribution in [2.75, 3.05) is 13.1 Å². The Bertz CT molecular complexity index is 565. The van der Waals surface area contributed by atoms with Crippen molar-refractivity contribution in [1.29, 1.82) is 0 Å². The molecule has 0 aliphatic carbocycles. The SMILES string of the molecule is Cn1cc(CC(=O)N(CCCN)Cc2ccccc2)cn1. The largest absolute Gasteiger partial charge is 0.338 e. The van der Waals surface area contributed by atoms with Gasteiger partial charge in [0.15, 0.2) is 0 Å². The molecule has 5 heteroatoms. The van der Waals surface area contributed by atoms with E-state index in [4.69, 9.17) is 5.73 Å². The van der Waals surface area contributed by atoms with Gasteiger partial charge in [-0.05, 0) is 24.1 Å². The summed E-state index contributed by atoms with van der Waals surface area (Å²) in [5, 5.41) is 4.10. The van der Waals surface area contributed by atoms with Crippen molar-refractivity contribution >= 4 is 5.91 Å². The lowest BCUT2D eigenvalue weighted by Gasteiger charge is -2.22. The van der Waals surface area contributed by atoms with E-state index < -0.39 is 0 Å². The summed E-state index contributed by atoms with van der Waals surface area (Å²) in [5.74, 6) is 0.111. The van der Waals surface area contributed by atoms with E-state index in [0.29, 0.717) is 26.1 Å². The average molecular weight is 286 g/mol. The molecule has 112 valence electrons. The molecule has 2 aromatic rings. The first-order valence-electron chi connectivity index (χ1n) is 7.18. The Hall–Kier alpha value is -2.14. The van der Waals surface area contributed by atoms with E-state index >= 15 is 0 Å². The molecule has 0 bridgehead atoms. The predicted molar refractivity (Wildman–Crippen MR) is 82.4 cm³/mol. The van der Waals surface area contributed by atoms with Crippen molar-refractivity contribution in [3.05, 3.63) is 53.9 Å². The molecular formula is C16H22N4O. The molecule has 1 heterocycles. The van der Waals surface area contributed by atoms with Crippen molar-refractivity contribution in [1.82, 2.24) is 14.7 Å². The van der Waals surface area contributed by atoms with Gasteiger partial charge in [-0.15, -0.1) is 0 Å². The van der Waals surface area contributed by atoms with Gasteiger partial charge in [-0.25, -0.2) is 0 Å². The van der Waals surface area contributed by atoms with Crippen LogP contribution >= 0.6 is 0 Å². The highest BCUT2D eigenvalue weighted by molar-refractivity contribution is 5.78. The maximum atomic E-state index is 12.5. The number of hydrogen-bond donors (Lipinski definition) is 1. The molecule has 21 heavy (non-hydrogen) atoms. The van der Waals surface area contributed by atoms with Crippen LogP contribution in [-0.2, 0) is 24.8 Å². The number of nitrogens with two attached hydrogens (primary N) is 1. The third-order valence-electron chi connectivity index (χ3n) is 3.31. The monoisotopic (exact) mass is 286 g/mol. The topological polar surface area (TPSA) is 64.2 Å². The zero-order valence-corrected chi connectivity index (χ0v) is 12.4. The third kappa shape index (κ3) is 4.72. The maximum absolute atomic E-state index is 12.5. The summed E-state index contributed by atoms with van der Waals surface area (Å²) >= 11 is 0. The number of hydrogen-bond acceptors (Lipinski definition) is 3. The van der Waals surface area contributed by atoms with E-state index in [1.54, 1.807) is 10.9 Å². The number of benzene rings is 1. The van der Waals surface area contributed by atoms with E-state index in [-0.39, 0.29) is 5.91 Å². The Morgan fingerprint density at radius 1 is 1.29 bits per heavy atom. The fourth-order valence-corrected chi connectivity index (χ4v) is 2.23. The summed E-state index contributed by atoms with van der Waals surface area (Å²) in [6.07, 6.45) is 4.81. The van der Waals surface area contributed by atoms with Gasteiger partial charge in [-0.1, -0.05) is 30.3 Å². The van der Waals surface area contributed by atoms with Crippen molar-refractivity contribution in [2.24, 2.45) is 12.8 Å². The molecule has 1 aromatic heterocycles. The molecule has 5 nitrogen and oxygen atoms in total. The number of carbonyl (C=O) groups is 1. The standard InChI is InChI=1S/C16H22N4O/c1-19-12-15(11-18-19)10-16(21)20(9-5-8-17)13-14-6-3-2-4-7-14/h2-4,6-7,11-12H,5,8-10,13,17H2,1H3. The number of rotatable bonds is 7. The van der Waals surface area contributed by atoms with Gasteiger partial charge in [0.1, 0.15) is 0 Å². The number of nitrogens with zero attached hydrogens (tertiary/aromatic N) is 3. The first-order chi connectivity index (χ1) is 10.2. The molecular weight excluding hydrogens is 264 g/mol. The molecule has 0 aliphatic rings. The molecule has 1 amide bonds. The Labute approximate surface area is 125 Å². The minimum atomic E-state index is 0.111. The summed E-state index contributed by atoms with van der Waals surface area (Å²) in [6.45, 7) is 1.90. The highest BCUT2D eigenvalue weighted by Crippen LogP contribution is 2.08. The summed E-state index contributed by atoms with van der Waals surface area (Å²) in [4.78, 5) is 14.4. The lowest BCUT2D eigenvalue weighted by atomic mass is 10.1. The minimum Gasteiger partial charge on any atom is -0.338 e. The fourth-order valence-electron chi connectivity index (χ4n) is 2.23. The first-order valence-corrected chi connectivity index (χ1v) is 7.18. The van der Waals surface area contributed by atoms with E-state index in [9.17, 15) is 4.79 Å². The average Bonchev–Trinajstić information content (AvgIpc) is 2.89. The summed E-state index contributed by atoms with van der Waals surface area (Å²) in [7, 11) is 1.85. The summed E-state index contributed by atoms with van der Waals surface area (Å²) in [5.41, 5.74) is 7.65. The highest BCUT2D eigenvalue weighted by atomic mass is 16.2. The third-order valence-corrected chi connectivity index (χ3v) is 3.31. The molecule has 0 saturated carbocycles. The summed E-state index contributed by atoms with van der Waals surface area (Å²) < 4.78 is 1.71. The maximum Gasteiger partial charge on any atom is 0.227 e. The Balaban J connectivity index is 2.02. The van der Waals surface area contributed by atoms with E-state index in [1.165, 1.54) is 0 Å². The molecule has 0 unspecified atom stereocenters. The van der Waals surface area contributed by atoms with Crippen LogP contribution in [0, 0.1) is 0 Å². The van der Waals surface area contributed by atoms with Crippen LogP contribution < -0.4 is 5.73 Å². The second kappa shape index (κ2) is 7.59. The Morgan fingerprint density at radius 3 is 2.67 bits per heavy atom. The van der Waals surface area contributed by atoms with Crippen molar-refractivity contribution in [3.63, 3.8) is 0 Å². The second-order valence-electron chi connectivity index (χ2n) is 5.14. The molecule has 2 rings (SSSR count). The normalized spacial score (nSPS) is 10.6. The van der Waals surface area contributed by atoms with Gasteiger partial charge in [-0.3, -0.25) is 9.48 Å². The number of amides is 1. The Kier molecular flexibility index (Phi) is 5.51. The van der Waals surface area contributed by atoms with Gasteiger partial charge in [0.25, 0.3) is 0 Å². The lowest BCUT2D eigenvalue weighted by molar-refractivity contribution is -0.131. The van der Waals surface area contributed by atoms with E-state index in [0.717, 1.165) is 17.5 Å². The molecule has 2 N–H and O–H groups in total. The van der Waals surface area contributed by atoms with Gasteiger partial charge in [0.05, 0.1) is 12.6 Å². The zero-order chi connectivity index (χ0) is 15.1. The van der Waals surface area contributed by atoms with Crippen LogP contribution in [0.25, 0.3) is 0 Å². The predicted octanol–water partition coefficient (Wildman–Crippen LogP) is 1.34. The molecule has 0 spiro atoms. The van der Waals surface area contributed by atoms with Crippen LogP contribution in [0.5, 0.6) is 0 Å². The molecule has 1 aromatic carbocycles. The van der Waals surface area contributed by atoms with Gasteiger partial charge in [0.2, 0.25) is 5.91 Å². The summed E-state index contributed by atoms with van der Waals surface area (Å²) in [6, 6.07) is 10.0. The van der Waals surface area contributed by atoms with Gasteiger partial charge < -0.3 is 10.6 Å². The molecule has 0 radical (unpaired) electrons. The number of carbonyl (C=O) groups excluding carboxylic acids is 1. The van der Waals surface area contributed by atoms with E-state index in [2.05, 4.69) is 5.10 Å². The first kappa shape index (κ1) is 15.3. The molecule has 0 saturated heterocycles. The molecule has 0 atom stereocenters. The van der Waals surface area contributed by atoms with Crippen molar-refractivity contribution in [2.45, 2.75) is 19.4 Å². The minimum absolute atomic E-state index is 0.111. The number of aromatic nitrogens is 2. The van der Waals surface area contributed by atoms with Crippen LogP contribution in [0.4, 0.5) is 0 Å². The van der Waals surface area contributed by atoms with Crippen molar-refractivity contribution < 1.29 is 4.79 Å². The second-order valence-corrected chi connectivity index (χ2v) is 5.14. The van der Waals surface area contributed by atoms with Crippen LogP contribution in [0.1, 0.15) is 17.5 Å². The zero-order valence-electron chi connectivity index (χ0n) is 12.4. The molecule has 0 fully saturated rings. The van der Waals surface area contributed by atoms with Crippen LogP contribution in [0.2, 0.25) is 0 Å². The Morgan fingerprint density at radius 2 is 2.05 bits per heavy atom. The van der Waals surface area contributed by atoms with Crippen LogP contribution in [0.15, 0.2) is 42.7 Å².